The van der Waals surface area contributed by atoms with Crippen molar-refractivity contribution in [2.24, 2.45) is 0 Å². The summed E-state index contributed by atoms with van der Waals surface area (Å²) < 4.78 is 46.4. The molecule has 2 aromatic rings. The van der Waals surface area contributed by atoms with E-state index < -0.39 is 15.8 Å². The Morgan fingerprint density at radius 1 is 1.15 bits per heavy atom. The predicted molar refractivity (Wildman–Crippen MR) is 101 cm³/mol. The van der Waals surface area contributed by atoms with Crippen LogP contribution in [0.4, 0.5) is 15.8 Å². The van der Waals surface area contributed by atoms with Gasteiger partial charge in [-0.2, -0.15) is 0 Å². The van der Waals surface area contributed by atoms with Gasteiger partial charge in [-0.25, -0.2) is 12.8 Å². The highest BCUT2D eigenvalue weighted by atomic mass is 32.2. The lowest BCUT2D eigenvalue weighted by Gasteiger charge is -2.26. The van der Waals surface area contributed by atoms with Gasteiger partial charge in [-0.15, -0.1) is 0 Å². The molecule has 1 aliphatic heterocycles. The van der Waals surface area contributed by atoms with Crippen molar-refractivity contribution in [3.8, 4) is 5.75 Å². The Labute approximate surface area is 158 Å². The van der Waals surface area contributed by atoms with E-state index in [0.717, 1.165) is 24.6 Å². The number of piperidine rings is 1. The van der Waals surface area contributed by atoms with Gasteiger partial charge in [-0.1, -0.05) is 0 Å². The van der Waals surface area contributed by atoms with Gasteiger partial charge in [-0.3, -0.25) is 9.52 Å². The van der Waals surface area contributed by atoms with Crippen LogP contribution in [-0.2, 0) is 14.8 Å². The average molecular weight is 392 g/mol. The second kappa shape index (κ2) is 7.96. The van der Waals surface area contributed by atoms with Gasteiger partial charge in [0.1, 0.15) is 0 Å². The van der Waals surface area contributed by atoms with Crippen molar-refractivity contribution in [2.75, 3.05) is 22.8 Å². The fraction of sp³-hybridized carbons (Fsp3) is 0.316. The molecule has 0 radical (unpaired) electrons. The number of halogens is 1. The summed E-state index contributed by atoms with van der Waals surface area (Å²) in [5.74, 6) is -0.662. The predicted octanol–water partition coefficient (Wildman–Crippen LogP) is 3.54. The molecular weight excluding hydrogens is 371 g/mol. The zero-order valence-corrected chi connectivity index (χ0v) is 15.8. The van der Waals surface area contributed by atoms with Crippen LogP contribution in [0.1, 0.15) is 26.2 Å². The lowest BCUT2D eigenvalue weighted by Crippen LogP contribution is -2.35. The van der Waals surface area contributed by atoms with E-state index in [1.54, 1.807) is 36.1 Å². The van der Waals surface area contributed by atoms with Gasteiger partial charge in [0.15, 0.2) is 11.6 Å². The SMILES string of the molecule is CCOc1ccc(S(=O)(=O)Nc2ccc(N3CCCCC3=O)cc2)cc1F. The highest BCUT2D eigenvalue weighted by Gasteiger charge is 2.20. The molecule has 3 rings (SSSR count). The maximum Gasteiger partial charge on any atom is 0.262 e. The first-order valence-electron chi connectivity index (χ1n) is 8.76. The molecule has 0 aliphatic carbocycles. The summed E-state index contributed by atoms with van der Waals surface area (Å²) in [7, 11) is -3.94. The molecule has 0 spiro atoms. The van der Waals surface area contributed by atoms with Crippen molar-refractivity contribution in [3.05, 3.63) is 48.3 Å². The number of rotatable bonds is 6. The third-order valence-corrected chi connectivity index (χ3v) is 5.65. The molecule has 8 heteroatoms. The summed E-state index contributed by atoms with van der Waals surface area (Å²) in [6, 6.07) is 10.1. The second-order valence-corrected chi connectivity index (χ2v) is 7.86. The first-order valence-corrected chi connectivity index (χ1v) is 10.2. The zero-order chi connectivity index (χ0) is 19.4. The van der Waals surface area contributed by atoms with E-state index >= 15 is 0 Å². The Bertz CT molecular complexity index is 929. The van der Waals surface area contributed by atoms with Gasteiger partial charge < -0.3 is 9.64 Å². The van der Waals surface area contributed by atoms with Crippen molar-refractivity contribution in [1.29, 1.82) is 0 Å². The molecule has 1 saturated heterocycles. The number of amides is 1. The molecule has 27 heavy (non-hydrogen) atoms. The Kier molecular flexibility index (Phi) is 5.65. The summed E-state index contributed by atoms with van der Waals surface area (Å²) in [5.41, 5.74) is 1.06. The number of nitrogens with one attached hydrogen (secondary N) is 1. The van der Waals surface area contributed by atoms with E-state index in [1.165, 1.54) is 12.1 Å². The Morgan fingerprint density at radius 3 is 2.52 bits per heavy atom. The van der Waals surface area contributed by atoms with Crippen LogP contribution in [0.3, 0.4) is 0 Å². The first kappa shape index (κ1) is 19.2. The summed E-state index contributed by atoms with van der Waals surface area (Å²) >= 11 is 0. The van der Waals surface area contributed by atoms with Crippen LogP contribution in [0.2, 0.25) is 0 Å². The Balaban J connectivity index is 1.76. The van der Waals surface area contributed by atoms with E-state index in [9.17, 15) is 17.6 Å². The van der Waals surface area contributed by atoms with Gasteiger partial charge in [0, 0.05) is 24.3 Å². The third-order valence-electron chi connectivity index (χ3n) is 4.27. The molecule has 0 aromatic heterocycles. The number of carbonyl (C=O) groups excluding carboxylic acids is 1. The van der Waals surface area contributed by atoms with Crippen molar-refractivity contribution in [3.63, 3.8) is 0 Å². The van der Waals surface area contributed by atoms with Crippen molar-refractivity contribution < 1.29 is 22.3 Å². The fourth-order valence-corrected chi connectivity index (χ4v) is 3.99. The molecule has 6 nitrogen and oxygen atoms in total. The Hall–Kier alpha value is -2.61. The van der Waals surface area contributed by atoms with Crippen LogP contribution in [0, 0.1) is 5.82 Å². The van der Waals surface area contributed by atoms with Crippen LogP contribution >= 0.6 is 0 Å². The Morgan fingerprint density at radius 2 is 1.89 bits per heavy atom. The summed E-state index contributed by atoms with van der Waals surface area (Å²) in [5, 5.41) is 0. The van der Waals surface area contributed by atoms with Crippen LogP contribution in [-0.4, -0.2) is 27.5 Å². The standard InChI is InChI=1S/C19H21FN2O4S/c1-2-26-18-11-10-16(13-17(18)20)27(24,25)21-14-6-8-15(9-7-14)22-12-4-3-5-19(22)23/h6-11,13,21H,2-5,12H2,1H3. The quantitative estimate of drug-likeness (QED) is 0.816. The van der Waals surface area contributed by atoms with Crippen LogP contribution in [0.5, 0.6) is 5.75 Å². The van der Waals surface area contributed by atoms with E-state index in [-0.39, 0.29) is 23.2 Å². The summed E-state index contributed by atoms with van der Waals surface area (Å²) in [6.45, 7) is 2.66. The molecule has 144 valence electrons. The molecule has 0 atom stereocenters. The van der Waals surface area contributed by atoms with E-state index in [4.69, 9.17) is 4.74 Å². The smallest absolute Gasteiger partial charge is 0.262 e. The summed E-state index contributed by atoms with van der Waals surface area (Å²) in [4.78, 5) is 13.5. The van der Waals surface area contributed by atoms with Gasteiger partial charge in [0.05, 0.1) is 11.5 Å². The monoisotopic (exact) mass is 392 g/mol. The van der Waals surface area contributed by atoms with Gasteiger partial charge >= 0.3 is 0 Å². The molecule has 1 amide bonds. The number of nitrogens with zero attached hydrogens (tertiary/aromatic N) is 1. The van der Waals surface area contributed by atoms with Crippen LogP contribution in [0.25, 0.3) is 0 Å². The van der Waals surface area contributed by atoms with Crippen molar-refractivity contribution in [2.45, 2.75) is 31.1 Å². The second-order valence-electron chi connectivity index (χ2n) is 6.18. The third kappa shape index (κ3) is 4.39. The molecule has 1 aliphatic rings. The number of hydrogen-bond donors (Lipinski definition) is 1. The minimum atomic E-state index is -3.94. The van der Waals surface area contributed by atoms with Gasteiger partial charge in [0.25, 0.3) is 10.0 Å². The minimum Gasteiger partial charge on any atom is -0.491 e. The number of ether oxygens (including phenoxy) is 1. The molecule has 1 N–H and O–H groups in total. The molecule has 0 unspecified atom stereocenters. The number of carbonyl (C=O) groups is 1. The fourth-order valence-electron chi connectivity index (χ4n) is 2.92. The van der Waals surface area contributed by atoms with Crippen LogP contribution in [0.15, 0.2) is 47.4 Å². The normalized spacial score (nSPS) is 14.9. The molecule has 1 heterocycles. The van der Waals surface area contributed by atoms with Crippen molar-refractivity contribution in [1.82, 2.24) is 0 Å². The molecular formula is C19H21FN2O4S. The maximum absolute atomic E-state index is 13.9. The van der Waals surface area contributed by atoms with E-state index in [0.29, 0.717) is 18.7 Å². The highest BCUT2D eigenvalue weighted by molar-refractivity contribution is 7.92. The van der Waals surface area contributed by atoms with Gasteiger partial charge in [-0.05, 0) is 62.2 Å². The topological polar surface area (TPSA) is 75.7 Å². The van der Waals surface area contributed by atoms with E-state index in [2.05, 4.69) is 4.72 Å². The number of hydrogen-bond acceptors (Lipinski definition) is 4. The minimum absolute atomic E-state index is 0.00648. The highest BCUT2D eigenvalue weighted by Crippen LogP contribution is 2.25. The number of sulfonamides is 1. The number of benzene rings is 2. The lowest BCUT2D eigenvalue weighted by atomic mass is 10.1. The molecule has 0 bridgehead atoms. The lowest BCUT2D eigenvalue weighted by molar-refractivity contribution is -0.119. The first-order chi connectivity index (χ1) is 12.9. The molecule has 2 aromatic carbocycles. The van der Waals surface area contributed by atoms with Gasteiger partial charge in [0.2, 0.25) is 5.91 Å². The molecule has 1 fully saturated rings. The maximum atomic E-state index is 13.9. The molecule has 0 saturated carbocycles. The summed E-state index contributed by atoms with van der Waals surface area (Å²) in [6.07, 6.45) is 2.37. The van der Waals surface area contributed by atoms with E-state index in [1.807, 2.05) is 0 Å². The largest absolute Gasteiger partial charge is 0.491 e. The van der Waals surface area contributed by atoms with Crippen LogP contribution < -0.4 is 14.4 Å². The zero-order valence-electron chi connectivity index (χ0n) is 14.9. The average Bonchev–Trinajstić information content (AvgIpc) is 2.64. The number of anilines is 2. The van der Waals surface area contributed by atoms with Crippen molar-refractivity contribution >= 4 is 27.3 Å².